The van der Waals surface area contributed by atoms with Gasteiger partial charge in [-0.25, -0.2) is 4.98 Å². The summed E-state index contributed by atoms with van der Waals surface area (Å²) in [6.45, 7) is 0. The summed E-state index contributed by atoms with van der Waals surface area (Å²) in [7, 11) is 1.45. The smallest absolute Gasteiger partial charge is 0.161 e. The Morgan fingerprint density at radius 3 is 2.54 bits per heavy atom. The number of rotatable bonds is 3. The zero-order chi connectivity index (χ0) is 18.8. The van der Waals surface area contributed by atoms with Crippen molar-refractivity contribution in [3.05, 3.63) is 53.1 Å². The molecule has 3 rings (SSSR count). The fraction of sp³-hybridized carbons (Fsp3) is 0.0526. The van der Waals surface area contributed by atoms with Gasteiger partial charge >= 0.3 is 0 Å². The number of hydrogen-bond acceptors (Lipinski definition) is 6. The molecule has 0 bridgehead atoms. The number of hydrogen-bond donors (Lipinski definition) is 3. The van der Waals surface area contributed by atoms with E-state index in [2.05, 4.69) is 4.98 Å². The fourth-order valence-corrected chi connectivity index (χ4v) is 2.88. The molecule has 3 aromatic rings. The van der Waals surface area contributed by atoms with Crippen LogP contribution in [0.4, 0.5) is 5.82 Å². The van der Waals surface area contributed by atoms with Gasteiger partial charge in [0, 0.05) is 16.7 Å². The second kappa shape index (κ2) is 6.82. The molecule has 0 saturated carbocycles. The number of aromatic nitrogens is 1. The van der Waals surface area contributed by atoms with Crippen LogP contribution in [-0.4, -0.2) is 22.3 Å². The number of halogens is 1. The van der Waals surface area contributed by atoms with Crippen molar-refractivity contribution in [2.45, 2.75) is 0 Å². The van der Waals surface area contributed by atoms with Gasteiger partial charge in [-0.3, -0.25) is 0 Å². The molecular weight excluding hydrogens is 354 g/mol. The van der Waals surface area contributed by atoms with Gasteiger partial charge in [0.25, 0.3) is 0 Å². The van der Waals surface area contributed by atoms with Crippen LogP contribution in [-0.2, 0) is 0 Å². The van der Waals surface area contributed by atoms with Crippen LogP contribution in [0.2, 0.25) is 5.02 Å². The molecule has 0 saturated heterocycles. The highest BCUT2D eigenvalue weighted by Crippen LogP contribution is 2.38. The minimum Gasteiger partial charge on any atom is -0.508 e. The minimum atomic E-state index is -0.000306. The number of methoxy groups -OCH3 is 1. The summed E-state index contributed by atoms with van der Waals surface area (Å²) in [5.41, 5.74) is 8.33. The van der Waals surface area contributed by atoms with Crippen LogP contribution in [0.25, 0.3) is 22.4 Å². The molecule has 1 heterocycles. The lowest BCUT2D eigenvalue weighted by Gasteiger charge is -2.12. The van der Waals surface area contributed by atoms with Crippen molar-refractivity contribution < 1.29 is 14.9 Å². The minimum absolute atomic E-state index is 0.000306. The molecule has 0 aliphatic rings. The molecule has 0 spiro atoms. The Morgan fingerprint density at radius 2 is 1.88 bits per heavy atom. The number of nitrogens with two attached hydrogens (primary N) is 1. The van der Waals surface area contributed by atoms with Crippen molar-refractivity contribution in [3.8, 4) is 45.7 Å². The Morgan fingerprint density at radius 1 is 1.12 bits per heavy atom. The topological polar surface area (TPSA) is 112 Å². The van der Waals surface area contributed by atoms with Gasteiger partial charge in [-0.15, -0.1) is 0 Å². The molecule has 6 nitrogen and oxygen atoms in total. The first-order valence-electron chi connectivity index (χ1n) is 7.51. The largest absolute Gasteiger partial charge is 0.508 e. The third-order valence-electron chi connectivity index (χ3n) is 3.88. The predicted octanol–water partition coefficient (Wildman–Crippen LogP) is 3.94. The molecule has 0 atom stereocenters. The van der Waals surface area contributed by atoms with Crippen LogP contribution >= 0.6 is 11.6 Å². The predicted molar refractivity (Wildman–Crippen MR) is 99.1 cm³/mol. The van der Waals surface area contributed by atoms with Crippen LogP contribution in [0, 0.1) is 11.3 Å². The van der Waals surface area contributed by atoms with Gasteiger partial charge in [-0.1, -0.05) is 11.6 Å². The normalized spacial score (nSPS) is 10.3. The zero-order valence-electron chi connectivity index (χ0n) is 13.7. The van der Waals surface area contributed by atoms with E-state index < -0.39 is 0 Å². The zero-order valence-corrected chi connectivity index (χ0v) is 14.4. The Labute approximate surface area is 154 Å². The molecule has 0 fully saturated rings. The number of aromatic hydroxyl groups is 2. The number of ether oxygens (including phenoxy) is 1. The number of nitrogens with zero attached hydrogens (tertiary/aromatic N) is 2. The van der Waals surface area contributed by atoms with Gasteiger partial charge in [-0.05, 0) is 42.5 Å². The van der Waals surface area contributed by atoms with Crippen LogP contribution in [0.15, 0.2) is 42.5 Å². The highest BCUT2D eigenvalue weighted by molar-refractivity contribution is 6.33. The SMILES string of the molecule is COc1cc(-c2cc(-c3ccc(O)cc3Cl)c(C#N)c(N)n2)ccc1O. The van der Waals surface area contributed by atoms with E-state index >= 15 is 0 Å². The molecule has 2 aromatic carbocycles. The number of phenols is 2. The molecule has 130 valence electrons. The lowest BCUT2D eigenvalue weighted by molar-refractivity contribution is 0.373. The van der Waals surface area contributed by atoms with Crippen LogP contribution < -0.4 is 10.5 Å². The van der Waals surface area contributed by atoms with E-state index in [1.165, 1.54) is 25.3 Å². The first-order chi connectivity index (χ1) is 12.4. The Balaban J connectivity index is 2.24. The maximum atomic E-state index is 9.76. The lowest BCUT2D eigenvalue weighted by atomic mass is 9.98. The van der Waals surface area contributed by atoms with Crippen LogP contribution in [0.3, 0.4) is 0 Å². The van der Waals surface area contributed by atoms with E-state index in [1.54, 1.807) is 24.3 Å². The maximum absolute atomic E-state index is 9.76. The van der Waals surface area contributed by atoms with Crippen molar-refractivity contribution in [2.75, 3.05) is 12.8 Å². The summed E-state index contributed by atoms with van der Waals surface area (Å²) in [6, 6.07) is 12.9. The number of pyridine rings is 1. The summed E-state index contributed by atoms with van der Waals surface area (Å²) in [4.78, 5) is 4.28. The van der Waals surface area contributed by atoms with Crippen LogP contribution in [0.5, 0.6) is 17.2 Å². The quantitative estimate of drug-likeness (QED) is 0.646. The average Bonchev–Trinajstić information content (AvgIpc) is 2.61. The van der Waals surface area contributed by atoms with E-state index in [-0.39, 0.29) is 33.7 Å². The maximum Gasteiger partial charge on any atom is 0.161 e. The van der Waals surface area contributed by atoms with Crippen molar-refractivity contribution in [1.82, 2.24) is 4.98 Å². The van der Waals surface area contributed by atoms with E-state index in [4.69, 9.17) is 22.1 Å². The second-order valence-electron chi connectivity index (χ2n) is 5.48. The third kappa shape index (κ3) is 3.08. The Kier molecular flexibility index (Phi) is 4.57. The highest BCUT2D eigenvalue weighted by Gasteiger charge is 2.16. The molecule has 0 amide bonds. The van der Waals surface area contributed by atoms with Gasteiger partial charge < -0.3 is 20.7 Å². The summed E-state index contributed by atoms with van der Waals surface area (Å²) < 4.78 is 5.12. The highest BCUT2D eigenvalue weighted by atomic mass is 35.5. The van der Waals surface area contributed by atoms with E-state index in [0.29, 0.717) is 22.4 Å². The molecule has 1 aromatic heterocycles. The summed E-state index contributed by atoms with van der Waals surface area (Å²) in [5, 5.41) is 29.1. The van der Waals surface area contributed by atoms with Crippen molar-refractivity contribution in [1.29, 1.82) is 5.26 Å². The van der Waals surface area contributed by atoms with Gasteiger partial charge in [0.15, 0.2) is 11.5 Å². The fourth-order valence-electron chi connectivity index (χ4n) is 2.60. The number of anilines is 1. The lowest BCUT2D eigenvalue weighted by Crippen LogP contribution is -2.00. The van der Waals surface area contributed by atoms with Crippen molar-refractivity contribution >= 4 is 17.4 Å². The van der Waals surface area contributed by atoms with Crippen molar-refractivity contribution in [3.63, 3.8) is 0 Å². The van der Waals surface area contributed by atoms with Gasteiger partial charge in [0.05, 0.1) is 17.8 Å². The number of nitriles is 1. The molecule has 0 unspecified atom stereocenters. The van der Waals surface area contributed by atoms with Gasteiger partial charge in [0.2, 0.25) is 0 Å². The third-order valence-corrected chi connectivity index (χ3v) is 4.19. The van der Waals surface area contributed by atoms with Crippen LogP contribution in [0.1, 0.15) is 5.56 Å². The molecule has 4 N–H and O–H groups in total. The number of nitrogen functional groups attached to an aromatic ring is 1. The second-order valence-corrected chi connectivity index (χ2v) is 5.89. The summed E-state index contributed by atoms with van der Waals surface area (Å²) in [6.07, 6.45) is 0. The molecular formula is C19H14ClN3O3. The Hall–Kier alpha value is -3.43. The van der Waals surface area contributed by atoms with Gasteiger partial charge in [0.1, 0.15) is 23.2 Å². The van der Waals surface area contributed by atoms with E-state index in [9.17, 15) is 15.5 Å². The molecule has 0 radical (unpaired) electrons. The average molecular weight is 368 g/mol. The summed E-state index contributed by atoms with van der Waals surface area (Å²) >= 11 is 6.23. The first-order valence-corrected chi connectivity index (χ1v) is 7.89. The standard InChI is InChI=1S/C19H14ClN3O3/c1-26-18-6-10(2-5-17(18)25)16-8-13(14(9-21)19(22)23-16)12-4-3-11(24)7-15(12)20/h2-8,24-25H,1H3,(H2,22,23). The van der Waals surface area contributed by atoms with Crippen molar-refractivity contribution in [2.24, 2.45) is 0 Å². The van der Waals surface area contributed by atoms with E-state index in [0.717, 1.165) is 0 Å². The molecule has 0 aliphatic carbocycles. The number of benzene rings is 2. The van der Waals surface area contributed by atoms with Gasteiger partial charge in [-0.2, -0.15) is 5.26 Å². The van der Waals surface area contributed by atoms with E-state index in [1.807, 2.05) is 6.07 Å². The molecule has 0 aliphatic heterocycles. The first kappa shape index (κ1) is 17.4. The summed E-state index contributed by atoms with van der Waals surface area (Å²) in [5.74, 6) is 0.357. The Bertz CT molecular complexity index is 1040. The number of phenolic OH excluding ortho intramolecular Hbond substituents is 2. The molecule has 7 heteroatoms. The molecule has 26 heavy (non-hydrogen) atoms. The monoisotopic (exact) mass is 367 g/mol.